The maximum atomic E-state index is 13.3. The summed E-state index contributed by atoms with van der Waals surface area (Å²) in [5, 5.41) is 14.5. The van der Waals surface area contributed by atoms with Gasteiger partial charge in [-0.15, -0.1) is 0 Å². The molecule has 3 rings (SSSR count). The Balaban J connectivity index is 2.49. The lowest BCUT2D eigenvalue weighted by molar-refractivity contribution is -0.385. The fourth-order valence-electron chi connectivity index (χ4n) is 2.56. The van der Waals surface area contributed by atoms with Crippen molar-refractivity contribution in [3.8, 4) is 0 Å². The summed E-state index contributed by atoms with van der Waals surface area (Å²) < 4.78 is 69.8. The maximum Gasteiger partial charge on any atom is 0.418 e. The number of alkyl halides is 3. The maximum absolute atomic E-state index is 13.3. The summed E-state index contributed by atoms with van der Waals surface area (Å²) in [6.45, 7) is 2.52. The summed E-state index contributed by atoms with van der Waals surface area (Å²) in [6, 6.07) is 0.864. The molecule has 27 heavy (non-hydrogen) atoms. The molecule has 0 saturated heterocycles. The van der Waals surface area contributed by atoms with Crippen molar-refractivity contribution in [2.24, 2.45) is 0 Å². The van der Waals surface area contributed by atoms with Crippen LogP contribution >= 0.6 is 11.3 Å². The van der Waals surface area contributed by atoms with Gasteiger partial charge in [0.25, 0.3) is 15.7 Å². The molecule has 0 bridgehead atoms. The van der Waals surface area contributed by atoms with Crippen molar-refractivity contribution in [2.75, 3.05) is 0 Å². The summed E-state index contributed by atoms with van der Waals surface area (Å²) in [4.78, 5) is 20.4. The van der Waals surface area contributed by atoms with E-state index in [9.17, 15) is 36.5 Å². The van der Waals surface area contributed by atoms with Crippen molar-refractivity contribution < 1.29 is 31.0 Å². The largest absolute Gasteiger partial charge is 0.418 e. The molecule has 0 fully saturated rings. The lowest BCUT2D eigenvalue weighted by atomic mass is 10.2. The van der Waals surface area contributed by atoms with Gasteiger partial charge in [-0.1, -0.05) is 16.5 Å². The number of hydrogen-bond acceptors (Lipinski definition) is 8. The highest BCUT2D eigenvalue weighted by Gasteiger charge is 2.38. The molecule has 0 aliphatic carbocycles. The van der Waals surface area contributed by atoms with Gasteiger partial charge in [0.15, 0.2) is 10.7 Å². The second-order valence-electron chi connectivity index (χ2n) is 5.39. The van der Waals surface area contributed by atoms with Crippen LogP contribution in [0.2, 0.25) is 0 Å². The van der Waals surface area contributed by atoms with Gasteiger partial charge in [-0.3, -0.25) is 14.9 Å². The summed E-state index contributed by atoms with van der Waals surface area (Å²) in [7, 11) is -4.71. The molecule has 2 aromatic heterocycles. The van der Waals surface area contributed by atoms with E-state index in [1.807, 2.05) is 0 Å². The van der Waals surface area contributed by atoms with Crippen molar-refractivity contribution in [1.29, 1.82) is 0 Å². The van der Waals surface area contributed by atoms with Crippen molar-refractivity contribution >= 4 is 37.3 Å². The second kappa shape index (κ2) is 5.88. The smallest absolute Gasteiger partial charge is 0.360 e. The van der Waals surface area contributed by atoms with Crippen LogP contribution in [0.3, 0.4) is 0 Å². The minimum atomic E-state index is -5.04. The Morgan fingerprint density at radius 3 is 2.41 bits per heavy atom. The molecular formula is C13H8F3N3O6S2. The summed E-state index contributed by atoms with van der Waals surface area (Å²) in [6.07, 6.45) is -5.04. The highest BCUT2D eigenvalue weighted by Crippen LogP contribution is 2.39. The highest BCUT2D eigenvalue weighted by atomic mass is 32.2. The third-order valence-electron chi connectivity index (χ3n) is 3.61. The van der Waals surface area contributed by atoms with E-state index in [0.29, 0.717) is 6.07 Å². The average Bonchev–Trinajstić information content (AvgIpc) is 3.03. The van der Waals surface area contributed by atoms with Crippen molar-refractivity contribution in [3.63, 3.8) is 0 Å². The van der Waals surface area contributed by atoms with Gasteiger partial charge in [0, 0.05) is 12.1 Å². The van der Waals surface area contributed by atoms with Crippen LogP contribution < -0.4 is 4.87 Å². The molecule has 0 aliphatic heterocycles. The van der Waals surface area contributed by atoms with Crippen LogP contribution in [-0.2, 0) is 16.2 Å². The molecule has 2 heterocycles. The van der Waals surface area contributed by atoms with E-state index in [1.165, 1.54) is 13.8 Å². The van der Waals surface area contributed by atoms with E-state index in [1.54, 1.807) is 0 Å². The third-order valence-corrected chi connectivity index (χ3v) is 6.66. The first kappa shape index (κ1) is 19.0. The molecule has 9 nitrogen and oxygen atoms in total. The third kappa shape index (κ3) is 2.90. The standard InChI is InChI=1S/C13H8F3N3O6S2/c1-5-11(6(2)25-17-5)27(23,24)18-9-4-7(19(21)22)3-8(13(14,15)16)10(9)26-12(18)20/h3-4H,1-2H3. The topological polar surface area (TPSA) is 125 Å². The van der Waals surface area contributed by atoms with E-state index in [-0.39, 0.29) is 32.8 Å². The van der Waals surface area contributed by atoms with E-state index in [2.05, 4.69) is 5.16 Å². The Morgan fingerprint density at radius 1 is 1.30 bits per heavy atom. The molecule has 0 atom stereocenters. The Kier molecular flexibility index (Phi) is 4.15. The number of fused-ring (bicyclic) bond motifs is 1. The summed E-state index contributed by atoms with van der Waals surface area (Å²) >= 11 is 0.0231. The van der Waals surface area contributed by atoms with Crippen molar-refractivity contribution in [1.82, 2.24) is 9.13 Å². The lowest BCUT2D eigenvalue weighted by Gasteiger charge is -2.09. The van der Waals surface area contributed by atoms with Gasteiger partial charge in [-0.05, 0) is 13.8 Å². The van der Waals surface area contributed by atoms with E-state index < -0.39 is 52.4 Å². The van der Waals surface area contributed by atoms with Gasteiger partial charge in [0.05, 0.1) is 20.7 Å². The summed E-state index contributed by atoms with van der Waals surface area (Å²) in [5.74, 6) is -0.180. The van der Waals surface area contributed by atoms with Crippen LogP contribution in [0.25, 0.3) is 10.2 Å². The predicted octanol–water partition coefficient (Wildman–Crippen LogP) is 2.83. The first-order valence-electron chi connectivity index (χ1n) is 6.95. The Bertz CT molecular complexity index is 1230. The normalized spacial score (nSPS) is 12.6. The molecule has 14 heteroatoms. The lowest BCUT2D eigenvalue weighted by Crippen LogP contribution is -2.23. The molecule has 3 aromatic rings. The molecule has 0 N–H and O–H groups in total. The molecule has 0 unspecified atom stereocenters. The highest BCUT2D eigenvalue weighted by molar-refractivity contribution is 7.90. The van der Waals surface area contributed by atoms with E-state index >= 15 is 0 Å². The predicted molar refractivity (Wildman–Crippen MR) is 86.3 cm³/mol. The Morgan fingerprint density at radius 2 is 1.93 bits per heavy atom. The zero-order valence-electron chi connectivity index (χ0n) is 13.4. The van der Waals surface area contributed by atoms with Crippen LogP contribution in [0.15, 0.2) is 26.3 Å². The fraction of sp³-hybridized carbons (Fsp3) is 0.231. The molecule has 1 aromatic carbocycles. The van der Waals surface area contributed by atoms with Gasteiger partial charge in [-0.25, -0.2) is 8.42 Å². The van der Waals surface area contributed by atoms with Gasteiger partial charge >= 0.3 is 11.0 Å². The van der Waals surface area contributed by atoms with Gasteiger partial charge in [-0.2, -0.15) is 17.1 Å². The molecular weight excluding hydrogens is 415 g/mol. The Labute approximate surface area is 151 Å². The number of nitro groups is 1. The molecule has 0 saturated carbocycles. The number of hydrogen-bond donors (Lipinski definition) is 0. The Hall–Kier alpha value is -2.74. The average molecular weight is 423 g/mol. The fourth-order valence-corrected chi connectivity index (χ4v) is 5.51. The molecule has 0 radical (unpaired) electrons. The zero-order chi connectivity index (χ0) is 20.3. The molecule has 0 spiro atoms. The number of halogens is 3. The molecule has 0 amide bonds. The number of aromatic nitrogens is 2. The number of nitro benzene ring substituents is 1. The number of rotatable bonds is 3. The van der Waals surface area contributed by atoms with Gasteiger partial charge in [0.2, 0.25) is 0 Å². The first-order chi connectivity index (χ1) is 12.4. The van der Waals surface area contributed by atoms with E-state index in [0.717, 1.165) is 0 Å². The number of benzene rings is 1. The number of nitrogens with zero attached hydrogens (tertiary/aromatic N) is 3. The van der Waals surface area contributed by atoms with Crippen LogP contribution in [0.4, 0.5) is 18.9 Å². The zero-order valence-corrected chi connectivity index (χ0v) is 15.0. The summed E-state index contributed by atoms with van der Waals surface area (Å²) in [5.41, 5.74) is -3.33. The van der Waals surface area contributed by atoms with Crippen LogP contribution in [0, 0.1) is 24.0 Å². The number of thiazole rings is 1. The quantitative estimate of drug-likeness (QED) is 0.468. The van der Waals surface area contributed by atoms with Crippen LogP contribution in [0.1, 0.15) is 17.0 Å². The minimum Gasteiger partial charge on any atom is -0.360 e. The van der Waals surface area contributed by atoms with Crippen molar-refractivity contribution in [3.05, 3.63) is 48.9 Å². The van der Waals surface area contributed by atoms with Gasteiger partial charge in [0.1, 0.15) is 5.69 Å². The number of aryl methyl sites for hydroxylation is 2. The van der Waals surface area contributed by atoms with Crippen LogP contribution in [0.5, 0.6) is 0 Å². The molecule has 0 aliphatic rings. The van der Waals surface area contributed by atoms with Crippen LogP contribution in [-0.4, -0.2) is 22.5 Å². The van der Waals surface area contributed by atoms with Gasteiger partial charge < -0.3 is 4.52 Å². The first-order valence-corrected chi connectivity index (χ1v) is 9.21. The molecule has 144 valence electrons. The van der Waals surface area contributed by atoms with E-state index in [4.69, 9.17) is 4.52 Å². The monoisotopic (exact) mass is 423 g/mol. The van der Waals surface area contributed by atoms with Crippen molar-refractivity contribution in [2.45, 2.75) is 24.9 Å². The number of non-ortho nitro benzene ring substituents is 1. The minimum absolute atomic E-state index is 0.0231. The SMILES string of the molecule is Cc1noc(C)c1S(=O)(=O)n1c(=O)sc2c(C(F)(F)F)cc([N+](=O)[O-])cc21. The second-order valence-corrected chi connectivity index (χ2v) is 8.07.